The molecule has 0 saturated heterocycles. The van der Waals surface area contributed by atoms with Crippen LogP contribution in [-0.2, 0) is 0 Å². The highest BCUT2D eigenvalue weighted by Gasteiger charge is 2.13. The van der Waals surface area contributed by atoms with Crippen molar-refractivity contribution in [2.24, 2.45) is 0 Å². The Balaban J connectivity index is 2.83. The molecule has 0 aliphatic rings. The summed E-state index contributed by atoms with van der Waals surface area (Å²) in [6.45, 7) is 5.52. The second-order valence-corrected chi connectivity index (χ2v) is 6.20. The minimum absolute atomic E-state index is 0.147. The van der Waals surface area contributed by atoms with E-state index in [-0.39, 0.29) is 11.4 Å². The summed E-state index contributed by atoms with van der Waals surface area (Å²) in [5.74, 6) is 0. The van der Waals surface area contributed by atoms with Crippen LogP contribution in [0.25, 0.3) is 0 Å². The summed E-state index contributed by atoms with van der Waals surface area (Å²) in [4.78, 5) is 1.08. The molecule has 0 aliphatic carbocycles. The Labute approximate surface area is 109 Å². The maximum atomic E-state index is 9.44. The van der Waals surface area contributed by atoms with Crippen molar-refractivity contribution in [3.05, 3.63) is 28.2 Å². The first-order valence-corrected chi connectivity index (χ1v) is 6.91. The molecule has 0 saturated carbocycles. The van der Waals surface area contributed by atoms with E-state index < -0.39 is 6.10 Å². The molecule has 4 heteroatoms. The Kier molecular flexibility index (Phi) is 5.31. The average molecular weight is 305 g/mol. The molecule has 0 amide bonds. The van der Waals surface area contributed by atoms with Crippen molar-refractivity contribution in [1.82, 2.24) is 0 Å². The molecule has 0 spiro atoms. The zero-order chi connectivity index (χ0) is 12.3. The standard InChI is InChI=1S/C12H17BrO2S/c1-7(14)9(3)16-12-5-4-10(8(2)15)6-11(12)13/h4-9,14-15H,1-3H3/t7?,8-,9?/m1/s1. The van der Waals surface area contributed by atoms with Gasteiger partial charge >= 0.3 is 0 Å². The van der Waals surface area contributed by atoms with Gasteiger partial charge in [0, 0.05) is 14.6 Å². The van der Waals surface area contributed by atoms with E-state index in [2.05, 4.69) is 15.9 Å². The first-order valence-electron chi connectivity index (χ1n) is 5.24. The molecular weight excluding hydrogens is 288 g/mol. The SMILES string of the molecule is CC(O)C(C)Sc1ccc([C@@H](C)O)cc1Br. The van der Waals surface area contributed by atoms with Gasteiger partial charge in [0.25, 0.3) is 0 Å². The van der Waals surface area contributed by atoms with Gasteiger partial charge in [0.2, 0.25) is 0 Å². The Morgan fingerprint density at radius 2 is 1.81 bits per heavy atom. The number of aliphatic hydroxyl groups excluding tert-OH is 2. The van der Waals surface area contributed by atoms with Crippen molar-refractivity contribution in [1.29, 1.82) is 0 Å². The Morgan fingerprint density at radius 1 is 1.19 bits per heavy atom. The molecule has 0 radical (unpaired) electrons. The molecule has 16 heavy (non-hydrogen) atoms. The molecule has 90 valence electrons. The zero-order valence-electron chi connectivity index (χ0n) is 9.64. The Morgan fingerprint density at radius 3 is 2.25 bits per heavy atom. The topological polar surface area (TPSA) is 40.5 Å². The normalized spacial score (nSPS) is 16.9. The largest absolute Gasteiger partial charge is 0.392 e. The van der Waals surface area contributed by atoms with Crippen LogP contribution < -0.4 is 0 Å². The van der Waals surface area contributed by atoms with Crippen LogP contribution in [0, 0.1) is 0 Å². The van der Waals surface area contributed by atoms with Crippen LogP contribution in [0.4, 0.5) is 0 Å². The first kappa shape index (κ1) is 14.0. The quantitative estimate of drug-likeness (QED) is 0.838. The van der Waals surface area contributed by atoms with Crippen LogP contribution in [0.3, 0.4) is 0 Å². The molecule has 0 bridgehead atoms. The van der Waals surface area contributed by atoms with E-state index in [1.807, 2.05) is 25.1 Å². The van der Waals surface area contributed by atoms with Gasteiger partial charge in [0.05, 0.1) is 12.2 Å². The van der Waals surface area contributed by atoms with Crippen LogP contribution >= 0.6 is 27.7 Å². The lowest BCUT2D eigenvalue weighted by atomic mass is 10.1. The fourth-order valence-corrected chi connectivity index (χ4v) is 2.76. The van der Waals surface area contributed by atoms with Crippen LogP contribution in [0.5, 0.6) is 0 Å². The maximum absolute atomic E-state index is 9.44. The summed E-state index contributed by atoms with van der Waals surface area (Å²) in [7, 11) is 0. The molecule has 3 atom stereocenters. The summed E-state index contributed by atoms with van der Waals surface area (Å²) < 4.78 is 0.961. The van der Waals surface area contributed by atoms with Gasteiger partial charge in [-0.3, -0.25) is 0 Å². The third-order valence-corrected chi connectivity index (χ3v) is 4.72. The summed E-state index contributed by atoms with van der Waals surface area (Å²) in [5, 5.41) is 19.0. The molecule has 2 nitrogen and oxygen atoms in total. The summed E-state index contributed by atoms with van der Waals surface area (Å²) >= 11 is 5.10. The molecule has 2 N–H and O–H groups in total. The number of aliphatic hydroxyl groups is 2. The van der Waals surface area contributed by atoms with E-state index in [1.54, 1.807) is 25.6 Å². The number of hydrogen-bond donors (Lipinski definition) is 2. The van der Waals surface area contributed by atoms with E-state index in [1.165, 1.54) is 0 Å². The van der Waals surface area contributed by atoms with Gasteiger partial charge in [0.1, 0.15) is 0 Å². The summed E-state index contributed by atoms with van der Waals surface area (Å²) in [5.41, 5.74) is 0.890. The number of thioether (sulfide) groups is 1. The highest BCUT2D eigenvalue weighted by atomic mass is 79.9. The van der Waals surface area contributed by atoms with Gasteiger partial charge in [-0.05, 0) is 47.5 Å². The number of halogens is 1. The Hall–Kier alpha value is -0.0300. The minimum Gasteiger partial charge on any atom is -0.392 e. The van der Waals surface area contributed by atoms with Crippen molar-refractivity contribution < 1.29 is 10.2 Å². The van der Waals surface area contributed by atoms with E-state index in [4.69, 9.17) is 0 Å². The Bertz CT molecular complexity index is 353. The third kappa shape index (κ3) is 3.77. The van der Waals surface area contributed by atoms with E-state index in [9.17, 15) is 10.2 Å². The number of hydrogen-bond acceptors (Lipinski definition) is 3. The van der Waals surface area contributed by atoms with Gasteiger partial charge in [-0.25, -0.2) is 0 Å². The van der Waals surface area contributed by atoms with E-state index >= 15 is 0 Å². The molecular formula is C12H17BrO2S. The second kappa shape index (κ2) is 6.05. The van der Waals surface area contributed by atoms with Crippen LogP contribution in [0.15, 0.2) is 27.6 Å². The lowest BCUT2D eigenvalue weighted by Gasteiger charge is -2.16. The van der Waals surface area contributed by atoms with Gasteiger partial charge in [-0.15, -0.1) is 11.8 Å². The predicted octanol–water partition coefficient (Wildman–Crippen LogP) is 3.36. The summed E-state index contributed by atoms with van der Waals surface area (Å²) in [6, 6.07) is 5.80. The van der Waals surface area contributed by atoms with Gasteiger partial charge in [-0.2, -0.15) is 0 Å². The molecule has 0 heterocycles. The van der Waals surface area contributed by atoms with Crippen molar-refractivity contribution in [3.8, 4) is 0 Å². The maximum Gasteiger partial charge on any atom is 0.0762 e. The van der Waals surface area contributed by atoms with Crippen molar-refractivity contribution >= 4 is 27.7 Å². The number of benzene rings is 1. The highest BCUT2D eigenvalue weighted by Crippen LogP contribution is 2.33. The van der Waals surface area contributed by atoms with E-state index in [0.717, 1.165) is 14.9 Å². The summed E-state index contributed by atoms with van der Waals surface area (Å²) in [6.07, 6.45) is -0.794. The molecule has 0 aliphatic heterocycles. The zero-order valence-corrected chi connectivity index (χ0v) is 12.0. The van der Waals surface area contributed by atoms with Crippen LogP contribution in [0.1, 0.15) is 32.4 Å². The van der Waals surface area contributed by atoms with Crippen LogP contribution in [0.2, 0.25) is 0 Å². The van der Waals surface area contributed by atoms with Gasteiger partial charge in [0.15, 0.2) is 0 Å². The van der Waals surface area contributed by atoms with Crippen molar-refractivity contribution in [2.45, 2.75) is 43.1 Å². The lowest BCUT2D eigenvalue weighted by Crippen LogP contribution is -2.14. The molecule has 2 unspecified atom stereocenters. The minimum atomic E-state index is -0.454. The molecule has 1 aromatic rings. The third-order valence-electron chi connectivity index (χ3n) is 2.43. The predicted molar refractivity (Wildman–Crippen MR) is 71.8 cm³/mol. The van der Waals surface area contributed by atoms with Crippen LogP contribution in [-0.4, -0.2) is 21.6 Å². The average Bonchev–Trinajstić information content (AvgIpc) is 2.20. The van der Waals surface area contributed by atoms with Gasteiger partial charge in [-0.1, -0.05) is 13.0 Å². The number of rotatable bonds is 4. The van der Waals surface area contributed by atoms with Gasteiger partial charge < -0.3 is 10.2 Å². The van der Waals surface area contributed by atoms with Crippen molar-refractivity contribution in [3.63, 3.8) is 0 Å². The fraction of sp³-hybridized carbons (Fsp3) is 0.500. The molecule has 0 fully saturated rings. The molecule has 1 aromatic carbocycles. The monoisotopic (exact) mass is 304 g/mol. The molecule has 0 aromatic heterocycles. The fourth-order valence-electron chi connectivity index (χ4n) is 1.17. The first-order chi connectivity index (χ1) is 7.41. The molecule has 1 rings (SSSR count). The lowest BCUT2D eigenvalue weighted by molar-refractivity contribution is 0.196. The van der Waals surface area contributed by atoms with E-state index in [0.29, 0.717) is 0 Å². The van der Waals surface area contributed by atoms with Crippen molar-refractivity contribution in [2.75, 3.05) is 0 Å². The second-order valence-electron chi connectivity index (χ2n) is 3.93. The smallest absolute Gasteiger partial charge is 0.0762 e. The highest BCUT2D eigenvalue weighted by molar-refractivity contribution is 9.10.